The van der Waals surface area contributed by atoms with Gasteiger partial charge in [-0.2, -0.15) is 5.10 Å². The second-order valence-corrected chi connectivity index (χ2v) is 6.58. The van der Waals surface area contributed by atoms with Crippen LogP contribution >= 0.6 is 11.6 Å². The van der Waals surface area contributed by atoms with Gasteiger partial charge in [0.1, 0.15) is 23.5 Å². The van der Waals surface area contributed by atoms with Crippen molar-refractivity contribution in [3.63, 3.8) is 0 Å². The lowest BCUT2D eigenvalue weighted by Gasteiger charge is -2.08. The van der Waals surface area contributed by atoms with Crippen molar-refractivity contribution in [1.82, 2.24) is 14.8 Å². The zero-order chi connectivity index (χ0) is 19.5. The molecule has 4 rings (SSSR count). The van der Waals surface area contributed by atoms with E-state index in [4.69, 9.17) is 27.5 Å². The van der Waals surface area contributed by atoms with Crippen LogP contribution < -0.4 is 11.5 Å². The lowest BCUT2D eigenvalue weighted by molar-refractivity contribution is 0.554. The van der Waals surface area contributed by atoms with Crippen molar-refractivity contribution in [2.75, 3.05) is 5.73 Å². The zero-order valence-electron chi connectivity index (χ0n) is 14.9. The standard InChI is InChI=1S/C21H18ClN5O/c22-18(19(23)14-7-3-1-4-8-14)17-20(15-9-5-2-6-10-15)26-27(21(17)24)11-16-12-28-13-25-16/h1-10,12-13H,11,23-24H2/b19-18+. The molecule has 2 aromatic heterocycles. The largest absolute Gasteiger partial charge is 0.451 e. The first-order chi connectivity index (χ1) is 13.6. The lowest BCUT2D eigenvalue weighted by Crippen LogP contribution is -2.07. The number of hydrogen-bond donors (Lipinski definition) is 2. The predicted molar refractivity (Wildman–Crippen MR) is 111 cm³/mol. The van der Waals surface area contributed by atoms with Gasteiger partial charge in [-0.05, 0) is 5.56 Å². The molecular formula is C21H18ClN5O. The molecule has 140 valence electrons. The van der Waals surface area contributed by atoms with Crippen LogP contribution in [0, 0.1) is 0 Å². The quantitative estimate of drug-likeness (QED) is 0.531. The molecule has 0 radical (unpaired) electrons. The molecule has 7 heteroatoms. The van der Waals surface area contributed by atoms with Gasteiger partial charge in [0.2, 0.25) is 0 Å². The second kappa shape index (κ2) is 7.62. The number of anilines is 1. The summed E-state index contributed by atoms with van der Waals surface area (Å²) in [5.41, 5.74) is 16.9. The Bertz CT molecular complexity index is 1100. The van der Waals surface area contributed by atoms with Crippen molar-refractivity contribution in [2.24, 2.45) is 5.73 Å². The highest BCUT2D eigenvalue weighted by molar-refractivity contribution is 6.53. The summed E-state index contributed by atoms with van der Waals surface area (Å²) in [5.74, 6) is 0.408. The van der Waals surface area contributed by atoms with Gasteiger partial charge >= 0.3 is 0 Å². The summed E-state index contributed by atoms with van der Waals surface area (Å²) in [6.07, 6.45) is 2.92. The third kappa shape index (κ3) is 3.37. The summed E-state index contributed by atoms with van der Waals surface area (Å²) in [6, 6.07) is 19.2. The third-order valence-electron chi connectivity index (χ3n) is 4.37. The van der Waals surface area contributed by atoms with Crippen molar-refractivity contribution in [2.45, 2.75) is 6.54 Å². The Kier molecular flexibility index (Phi) is 4.87. The predicted octanol–water partition coefficient (Wildman–Crippen LogP) is 4.19. The smallest absolute Gasteiger partial charge is 0.180 e. The minimum Gasteiger partial charge on any atom is -0.451 e. The minimum absolute atomic E-state index is 0.356. The molecule has 28 heavy (non-hydrogen) atoms. The van der Waals surface area contributed by atoms with Crippen molar-refractivity contribution in [3.8, 4) is 11.3 Å². The summed E-state index contributed by atoms with van der Waals surface area (Å²) < 4.78 is 6.69. The van der Waals surface area contributed by atoms with Gasteiger partial charge in [0, 0.05) is 5.56 Å². The van der Waals surface area contributed by atoms with Crippen LogP contribution in [0.1, 0.15) is 16.8 Å². The number of nitrogens with two attached hydrogens (primary N) is 2. The first kappa shape index (κ1) is 17.9. The summed E-state index contributed by atoms with van der Waals surface area (Å²) in [7, 11) is 0. The molecule has 4 N–H and O–H groups in total. The molecule has 0 aliphatic rings. The highest BCUT2D eigenvalue weighted by atomic mass is 35.5. The Hall–Kier alpha value is -3.51. The molecule has 2 heterocycles. The normalized spacial score (nSPS) is 12.0. The molecule has 0 aliphatic carbocycles. The van der Waals surface area contributed by atoms with E-state index < -0.39 is 0 Å². The van der Waals surface area contributed by atoms with E-state index in [9.17, 15) is 0 Å². The van der Waals surface area contributed by atoms with E-state index in [0.717, 1.165) is 11.1 Å². The third-order valence-corrected chi connectivity index (χ3v) is 4.77. The number of aromatic nitrogens is 3. The maximum absolute atomic E-state index is 6.73. The second-order valence-electron chi connectivity index (χ2n) is 6.21. The maximum Gasteiger partial charge on any atom is 0.180 e. The van der Waals surface area contributed by atoms with Crippen LogP contribution in [0.2, 0.25) is 0 Å². The highest BCUT2D eigenvalue weighted by Crippen LogP contribution is 2.37. The van der Waals surface area contributed by atoms with Gasteiger partial charge in [-0.25, -0.2) is 9.67 Å². The van der Waals surface area contributed by atoms with E-state index in [-0.39, 0.29) is 0 Å². The Morgan fingerprint density at radius 1 is 1.04 bits per heavy atom. The summed E-state index contributed by atoms with van der Waals surface area (Å²) in [5, 5.41) is 5.04. The van der Waals surface area contributed by atoms with E-state index in [1.807, 2.05) is 60.7 Å². The van der Waals surface area contributed by atoms with E-state index in [0.29, 0.717) is 40.0 Å². The van der Waals surface area contributed by atoms with Gasteiger partial charge in [-0.15, -0.1) is 0 Å². The van der Waals surface area contributed by atoms with E-state index in [1.165, 1.54) is 6.39 Å². The van der Waals surface area contributed by atoms with Gasteiger partial charge in [-0.1, -0.05) is 72.3 Å². The monoisotopic (exact) mass is 391 g/mol. The molecule has 0 fully saturated rings. The summed E-state index contributed by atoms with van der Waals surface area (Å²) in [4.78, 5) is 4.14. The average molecular weight is 392 g/mol. The van der Waals surface area contributed by atoms with Crippen molar-refractivity contribution in [1.29, 1.82) is 0 Å². The SMILES string of the molecule is N/C(=C(/Cl)c1c(-c2ccccc2)nn(Cc2cocn2)c1N)c1ccccc1. The summed E-state index contributed by atoms with van der Waals surface area (Å²) in [6.45, 7) is 0.359. The molecule has 6 nitrogen and oxygen atoms in total. The van der Waals surface area contributed by atoms with Gasteiger partial charge in [-0.3, -0.25) is 0 Å². The van der Waals surface area contributed by atoms with Gasteiger partial charge < -0.3 is 15.9 Å². The van der Waals surface area contributed by atoms with Crippen LogP contribution in [0.5, 0.6) is 0 Å². The molecular weight excluding hydrogens is 374 g/mol. The molecule has 0 unspecified atom stereocenters. The molecule has 0 bridgehead atoms. The number of nitrogen functional groups attached to an aromatic ring is 1. The number of benzene rings is 2. The Morgan fingerprint density at radius 3 is 2.36 bits per heavy atom. The fourth-order valence-electron chi connectivity index (χ4n) is 2.96. The number of halogens is 1. The Balaban J connectivity index is 1.88. The fraction of sp³-hybridized carbons (Fsp3) is 0.0476. The molecule has 2 aromatic carbocycles. The topological polar surface area (TPSA) is 95.9 Å². The molecule has 0 amide bonds. The van der Waals surface area contributed by atoms with Crippen LogP contribution in [0.25, 0.3) is 22.0 Å². The number of rotatable bonds is 5. The number of nitrogens with zero attached hydrogens (tertiary/aromatic N) is 3. The maximum atomic E-state index is 6.73. The highest BCUT2D eigenvalue weighted by Gasteiger charge is 2.22. The number of oxazole rings is 1. The summed E-state index contributed by atoms with van der Waals surface area (Å²) >= 11 is 6.73. The van der Waals surface area contributed by atoms with Crippen molar-refractivity contribution < 1.29 is 4.42 Å². The van der Waals surface area contributed by atoms with Gasteiger partial charge in [0.15, 0.2) is 6.39 Å². The van der Waals surface area contributed by atoms with Crippen LogP contribution in [-0.4, -0.2) is 14.8 Å². The Labute approximate surface area is 167 Å². The number of hydrogen-bond acceptors (Lipinski definition) is 5. The van der Waals surface area contributed by atoms with Crippen LogP contribution in [0.4, 0.5) is 5.82 Å². The zero-order valence-corrected chi connectivity index (χ0v) is 15.7. The minimum atomic E-state index is 0.356. The first-order valence-corrected chi connectivity index (χ1v) is 9.02. The molecule has 0 spiro atoms. The van der Waals surface area contributed by atoms with Crippen molar-refractivity contribution >= 4 is 28.1 Å². The molecule has 4 aromatic rings. The first-order valence-electron chi connectivity index (χ1n) is 8.65. The van der Waals surface area contributed by atoms with Crippen LogP contribution in [0.15, 0.2) is 77.7 Å². The lowest BCUT2D eigenvalue weighted by atomic mass is 10.0. The van der Waals surface area contributed by atoms with Crippen LogP contribution in [0.3, 0.4) is 0 Å². The average Bonchev–Trinajstić information content (AvgIpc) is 3.37. The van der Waals surface area contributed by atoms with Gasteiger partial charge in [0.05, 0.1) is 22.8 Å². The fourth-order valence-corrected chi connectivity index (χ4v) is 3.25. The molecule has 0 saturated heterocycles. The van der Waals surface area contributed by atoms with E-state index in [2.05, 4.69) is 10.1 Å². The molecule has 0 saturated carbocycles. The van der Waals surface area contributed by atoms with E-state index in [1.54, 1.807) is 10.9 Å². The molecule has 0 aliphatic heterocycles. The van der Waals surface area contributed by atoms with Crippen LogP contribution in [-0.2, 0) is 6.54 Å². The van der Waals surface area contributed by atoms with Gasteiger partial charge in [0.25, 0.3) is 0 Å². The van der Waals surface area contributed by atoms with Crippen molar-refractivity contribution in [3.05, 3.63) is 90.1 Å². The molecule has 0 atom stereocenters. The van der Waals surface area contributed by atoms with E-state index >= 15 is 0 Å². The Morgan fingerprint density at radius 2 is 1.71 bits per heavy atom.